The highest BCUT2D eigenvalue weighted by molar-refractivity contribution is 5.81. The van der Waals surface area contributed by atoms with E-state index in [-0.39, 0.29) is 17.5 Å². The van der Waals surface area contributed by atoms with Crippen molar-refractivity contribution < 1.29 is 9.53 Å². The van der Waals surface area contributed by atoms with Crippen LogP contribution in [0.3, 0.4) is 0 Å². The number of nitrogens with one attached hydrogen (secondary N) is 1. The van der Waals surface area contributed by atoms with Gasteiger partial charge in [0.1, 0.15) is 0 Å². The Hall–Kier alpha value is -0.650. The number of hydrogen-bond donors (Lipinski definition) is 1. The SMILES string of the molecule is CCC(C(=O)NCC1(N2CCCCC2)CCOCC1)N(C)C. The van der Waals surface area contributed by atoms with E-state index < -0.39 is 0 Å². The molecule has 0 saturated carbocycles. The molecular formula is C17H33N3O2. The van der Waals surface area contributed by atoms with Crippen LogP contribution in [0.4, 0.5) is 0 Å². The lowest BCUT2D eigenvalue weighted by Gasteiger charge is -2.48. The number of likely N-dealkylation sites (tertiary alicyclic amines) is 1. The second kappa shape index (κ2) is 8.27. The molecule has 1 amide bonds. The molecule has 1 unspecified atom stereocenters. The molecule has 22 heavy (non-hydrogen) atoms. The summed E-state index contributed by atoms with van der Waals surface area (Å²) in [5.74, 6) is 0.162. The number of carbonyl (C=O) groups is 1. The van der Waals surface area contributed by atoms with Crippen molar-refractivity contribution in [2.75, 3.05) is 46.9 Å². The van der Waals surface area contributed by atoms with Gasteiger partial charge in [0.2, 0.25) is 5.91 Å². The van der Waals surface area contributed by atoms with Gasteiger partial charge in [0.25, 0.3) is 0 Å². The van der Waals surface area contributed by atoms with Gasteiger partial charge in [0.05, 0.1) is 6.04 Å². The molecule has 2 heterocycles. The minimum atomic E-state index is -0.0294. The average Bonchev–Trinajstić information content (AvgIpc) is 2.55. The van der Waals surface area contributed by atoms with Gasteiger partial charge in [-0.15, -0.1) is 0 Å². The predicted molar refractivity (Wildman–Crippen MR) is 89.0 cm³/mol. The second-order valence-corrected chi connectivity index (χ2v) is 6.99. The molecule has 128 valence electrons. The van der Waals surface area contributed by atoms with Crippen molar-refractivity contribution in [3.8, 4) is 0 Å². The topological polar surface area (TPSA) is 44.8 Å². The maximum Gasteiger partial charge on any atom is 0.237 e. The standard InChI is InChI=1S/C17H33N3O2/c1-4-15(19(2)3)16(21)18-14-17(8-12-22-13-9-17)20-10-6-5-7-11-20/h15H,4-14H2,1-3H3,(H,18,21). The number of carbonyl (C=O) groups excluding carboxylic acids is 1. The average molecular weight is 311 g/mol. The third kappa shape index (κ3) is 4.21. The first-order valence-corrected chi connectivity index (χ1v) is 8.86. The second-order valence-electron chi connectivity index (χ2n) is 6.99. The first-order chi connectivity index (χ1) is 10.6. The summed E-state index contributed by atoms with van der Waals surface area (Å²) in [4.78, 5) is 17.1. The Kier molecular flexibility index (Phi) is 6.66. The highest BCUT2D eigenvalue weighted by atomic mass is 16.5. The highest BCUT2D eigenvalue weighted by Gasteiger charge is 2.39. The molecule has 0 aromatic rings. The van der Waals surface area contributed by atoms with E-state index in [1.54, 1.807) is 0 Å². The number of likely N-dealkylation sites (N-methyl/N-ethyl adjacent to an activating group) is 1. The van der Waals surface area contributed by atoms with E-state index in [1.165, 1.54) is 32.4 Å². The quantitative estimate of drug-likeness (QED) is 0.807. The normalized spacial score (nSPS) is 24.2. The number of amides is 1. The zero-order chi connectivity index (χ0) is 16.0. The Morgan fingerprint density at radius 1 is 1.23 bits per heavy atom. The summed E-state index contributed by atoms with van der Waals surface area (Å²) in [5.41, 5.74) is 0.110. The fourth-order valence-corrected chi connectivity index (χ4v) is 3.88. The Bertz CT molecular complexity index is 348. The molecule has 5 heteroatoms. The van der Waals surface area contributed by atoms with E-state index in [1.807, 2.05) is 19.0 Å². The van der Waals surface area contributed by atoms with Gasteiger partial charge >= 0.3 is 0 Å². The van der Waals surface area contributed by atoms with E-state index in [0.717, 1.165) is 39.0 Å². The highest BCUT2D eigenvalue weighted by Crippen LogP contribution is 2.30. The lowest BCUT2D eigenvalue weighted by molar-refractivity contribution is -0.127. The van der Waals surface area contributed by atoms with E-state index in [2.05, 4.69) is 17.1 Å². The van der Waals surface area contributed by atoms with E-state index in [9.17, 15) is 4.79 Å². The predicted octanol–water partition coefficient (Wildman–Crippen LogP) is 1.48. The third-order valence-electron chi connectivity index (χ3n) is 5.35. The molecule has 5 nitrogen and oxygen atoms in total. The minimum absolute atomic E-state index is 0.0294. The van der Waals surface area contributed by atoms with E-state index in [0.29, 0.717) is 0 Å². The smallest absolute Gasteiger partial charge is 0.237 e. The van der Waals surface area contributed by atoms with Gasteiger partial charge in [0.15, 0.2) is 0 Å². The van der Waals surface area contributed by atoms with Gasteiger partial charge in [-0.2, -0.15) is 0 Å². The maximum atomic E-state index is 12.5. The van der Waals surface area contributed by atoms with Gasteiger partial charge in [-0.25, -0.2) is 0 Å². The molecule has 1 atom stereocenters. The number of ether oxygens (including phenoxy) is 1. The molecule has 0 aromatic heterocycles. The van der Waals surface area contributed by atoms with Crippen LogP contribution >= 0.6 is 0 Å². The van der Waals surface area contributed by atoms with Crippen LogP contribution in [0.2, 0.25) is 0 Å². The number of rotatable bonds is 6. The summed E-state index contributed by atoms with van der Waals surface area (Å²) in [5, 5.41) is 3.25. The van der Waals surface area contributed by atoms with Gasteiger partial charge in [0, 0.05) is 25.3 Å². The van der Waals surface area contributed by atoms with E-state index >= 15 is 0 Å². The van der Waals surface area contributed by atoms with Crippen molar-refractivity contribution in [1.82, 2.24) is 15.1 Å². The summed E-state index contributed by atoms with van der Waals surface area (Å²) in [6.45, 7) is 6.80. The molecule has 0 spiro atoms. The minimum Gasteiger partial charge on any atom is -0.381 e. The van der Waals surface area contributed by atoms with Crippen LogP contribution in [0.25, 0.3) is 0 Å². The van der Waals surface area contributed by atoms with Crippen LogP contribution in [-0.4, -0.2) is 74.2 Å². The lowest BCUT2D eigenvalue weighted by Crippen LogP contribution is -2.60. The van der Waals surface area contributed by atoms with Crippen molar-refractivity contribution in [2.24, 2.45) is 0 Å². The zero-order valence-electron chi connectivity index (χ0n) is 14.6. The Labute approximate surface area is 135 Å². The van der Waals surface area contributed by atoms with Crippen molar-refractivity contribution in [3.05, 3.63) is 0 Å². The maximum absolute atomic E-state index is 12.5. The number of piperidine rings is 1. The largest absolute Gasteiger partial charge is 0.381 e. The number of hydrogen-bond acceptors (Lipinski definition) is 4. The summed E-state index contributed by atoms with van der Waals surface area (Å²) in [7, 11) is 3.95. The van der Waals surface area contributed by atoms with Gasteiger partial charge in [-0.1, -0.05) is 13.3 Å². The molecule has 0 aromatic carbocycles. The molecule has 1 N–H and O–H groups in total. The van der Waals surface area contributed by atoms with Crippen LogP contribution in [0, 0.1) is 0 Å². The fraction of sp³-hybridized carbons (Fsp3) is 0.941. The number of nitrogens with zero attached hydrogens (tertiary/aromatic N) is 2. The summed E-state index contributed by atoms with van der Waals surface area (Å²) < 4.78 is 5.58. The van der Waals surface area contributed by atoms with Crippen LogP contribution in [0.5, 0.6) is 0 Å². The van der Waals surface area contributed by atoms with E-state index in [4.69, 9.17) is 4.74 Å². The summed E-state index contributed by atoms with van der Waals surface area (Å²) in [6, 6.07) is -0.0294. The summed E-state index contributed by atoms with van der Waals surface area (Å²) in [6.07, 6.45) is 6.82. The molecule has 0 bridgehead atoms. The monoisotopic (exact) mass is 311 g/mol. The van der Waals surface area contributed by atoms with Crippen molar-refractivity contribution in [3.63, 3.8) is 0 Å². The van der Waals surface area contributed by atoms with Crippen molar-refractivity contribution in [2.45, 2.75) is 57.0 Å². The molecule has 2 aliphatic heterocycles. The lowest BCUT2D eigenvalue weighted by atomic mass is 9.86. The van der Waals surface area contributed by atoms with Crippen molar-refractivity contribution >= 4 is 5.91 Å². The van der Waals surface area contributed by atoms with Crippen LogP contribution in [0.1, 0.15) is 45.4 Å². The third-order valence-corrected chi connectivity index (χ3v) is 5.35. The molecule has 2 aliphatic rings. The van der Waals surface area contributed by atoms with Gasteiger partial charge in [-0.05, 0) is 59.3 Å². The van der Waals surface area contributed by atoms with Crippen LogP contribution in [-0.2, 0) is 9.53 Å². The van der Waals surface area contributed by atoms with Crippen molar-refractivity contribution in [1.29, 1.82) is 0 Å². The molecule has 0 aliphatic carbocycles. The first kappa shape index (κ1) is 17.7. The van der Waals surface area contributed by atoms with Gasteiger partial charge < -0.3 is 10.1 Å². The molecule has 2 saturated heterocycles. The van der Waals surface area contributed by atoms with Crippen LogP contribution in [0.15, 0.2) is 0 Å². The Morgan fingerprint density at radius 2 is 1.86 bits per heavy atom. The Morgan fingerprint density at radius 3 is 2.41 bits per heavy atom. The zero-order valence-corrected chi connectivity index (χ0v) is 14.6. The Balaban J connectivity index is 1.99. The first-order valence-electron chi connectivity index (χ1n) is 8.86. The summed E-state index contributed by atoms with van der Waals surface area (Å²) >= 11 is 0. The fourth-order valence-electron chi connectivity index (χ4n) is 3.88. The molecule has 0 radical (unpaired) electrons. The van der Waals surface area contributed by atoms with Gasteiger partial charge in [-0.3, -0.25) is 14.6 Å². The molecular weight excluding hydrogens is 278 g/mol. The molecule has 2 rings (SSSR count). The van der Waals surface area contributed by atoms with Crippen LogP contribution < -0.4 is 5.32 Å². The molecule has 2 fully saturated rings.